The number of aromatic nitrogens is 3. The van der Waals surface area contributed by atoms with Crippen LogP contribution in [0.4, 0.5) is 0 Å². The first-order valence-corrected chi connectivity index (χ1v) is 8.83. The zero-order valence-corrected chi connectivity index (χ0v) is 14.4. The molecule has 1 amide bonds. The Morgan fingerprint density at radius 1 is 1.16 bits per heavy atom. The molecule has 1 saturated heterocycles. The SMILES string of the molecule is Cc1ccc(CC2CCCN(C(=O)c3nccn4ccnc34)C2)cc1. The van der Waals surface area contributed by atoms with Crippen molar-refractivity contribution in [1.82, 2.24) is 19.3 Å². The highest BCUT2D eigenvalue weighted by Gasteiger charge is 2.27. The van der Waals surface area contributed by atoms with Crippen molar-refractivity contribution in [2.24, 2.45) is 5.92 Å². The number of carbonyl (C=O) groups is 1. The van der Waals surface area contributed by atoms with Crippen LogP contribution in [0.15, 0.2) is 49.1 Å². The van der Waals surface area contributed by atoms with Crippen molar-refractivity contribution in [3.8, 4) is 0 Å². The van der Waals surface area contributed by atoms with E-state index in [1.165, 1.54) is 17.5 Å². The lowest BCUT2D eigenvalue weighted by molar-refractivity contribution is 0.0669. The van der Waals surface area contributed by atoms with Crippen molar-refractivity contribution < 1.29 is 4.79 Å². The topological polar surface area (TPSA) is 50.5 Å². The van der Waals surface area contributed by atoms with Gasteiger partial charge in [0.2, 0.25) is 0 Å². The number of hydrogen-bond donors (Lipinski definition) is 0. The summed E-state index contributed by atoms with van der Waals surface area (Å²) in [5.74, 6) is 0.491. The van der Waals surface area contributed by atoms with Crippen molar-refractivity contribution in [2.75, 3.05) is 13.1 Å². The fourth-order valence-electron chi connectivity index (χ4n) is 3.63. The predicted octanol–water partition coefficient (Wildman–Crippen LogP) is 3.13. The minimum atomic E-state index is -0.00888. The highest BCUT2D eigenvalue weighted by Crippen LogP contribution is 2.23. The van der Waals surface area contributed by atoms with E-state index >= 15 is 0 Å². The maximum Gasteiger partial charge on any atom is 0.276 e. The molecule has 5 heteroatoms. The van der Waals surface area contributed by atoms with Crippen LogP contribution in [0.5, 0.6) is 0 Å². The van der Waals surface area contributed by atoms with Gasteiger partial charge in [0.05, 0.1) is 0 Å². The van der Waals surface area contributed by atoms with E-state index in [1.807, 2.05) is 21.7 Å². The maximum atomic E-state index is 13.0. The molecule has 0 bridgehead atoms. The Balaban J connectivity index is 1.50. The Kier molecular flexibility index (Phi) is 4.22. The molecule has 25 heavy (non-hydrogen) atoms. The minimum absolute atomic E-state index is 0.00888. The van der Waals surface area contributed by atoms with Gasteiger partial charge in [0.1, 0.15) is 0 Å². The number of benzene rings is 1. The summed E-state index contributed by atoms with van der Waals surface area (Å²) in [7, 11) is 0. The molecular formula is C20H22N4O. The van der Waals surface area contributed by atoms with Gasteiger partial charge in [-0.15, -0.1) is 0 Å². The van der Waals surface area contributed by atoms with Gasteiger partial charge < -0.3 is 9.30 Å². The van der Waals surface area contributed by atoms with E-state index in [0.717, 1.165) is 25.9 Å². The molecule has 1 atom stereocenters. The van der Waals surface area contributed by atoms with Gasteiger partial charge in [0, 0.05) is 37.9 Å². The summed E-state index contributed by atoms with van der Waals surface area (Å²) in [5.41, 5.74) is 3.71. The fourth-order valence-corrected chi connectivity index (χ4v) is 3.63. The van der Waals surface area contributed by atoms with Gasteiger partial charge in [-0.2, -0.15) is 0 Å². The first-order chi connectivity index (χ1) is 12.2. The second kappa shape index (κ2) is 6.67. The molecule has 0 aliphatic carbocycles. The molecule has 3 heterocycles. The number of imidazole rings is 1. The molecule has 128 valence electrons. The fraction of sp³-hybridized carbons (Fsp3) is 0.350. The zero-order valence-electron chi connectivity index (χ0n) is 14.4. The number of rotatable bonds is 3. The number of carbonyl (C=O) groups excluding carboxylic acids is 1. The lowest BCUT2D eigenvalue weighted by Gasteiger charge is -2.32. The molecule has 1 aromatic carbocycles. The van der Waals surface area contributed by atoms with E-state index in [9.17, 15) is 4.79 Å². The second-order valence-corrected chi connectivity index (χ2v) is 6.88. The van der Waals surface area contributed by atoms with E-state index in [1.54, 1.807) is 12.4 Å². The van der Waals surface area contributed by atoms with Crippen LogP contribution in [-0.2, 0) is 6.42 Å². The first kappa shape index (κ1) is 15.8. The van der Waals surface area contributed by atoms with Crippen LogP contribution in [0, 0.1) is 12.8 Å². The third-order valence-corrected chi connectivity index (χ3v) is 4.97. The molecule has 1 unspecified atom stereocenters. The quantitative estimate of drug-likeness (QED) is 0.739. The third kappa shape index (κ3) is 3.27. The summed E-state index contributed by atoms with van der Waals surface area (Å²) in [4.78, 5) is 23.5. The molecule has 2 aromatic heterocycles. The van der Waals surface area contributed by atoms with Gasteiger partial charge in [-0.25, -0.2) is 9.97 Å². The average Bonchev–Trinajstić information content (AvgIpc) is 3.12. The highest BCUT2D eigenvalue weighted by atomic mass is 16.2. The smallest absolute Gasteiger partial charge is 0.276 e. The monoisotopic (exact) mass is 334 g/mol. The normalized spacial score (nSPS) is 17.8. The number of hydrogen-bond acceptors (Lipinski definition) is 3. The van der Waals surface area contributed by atoms with E-state index in [0.29, 0.717) is 17.3 Å². The van der Waals surface area contributed by atoms with E-state index in [-0.39, 0.29) is 5.91 Å². The van der Waals surface area contributed by atoms with Gasteiger partial charge >= 0.3 is 0 Å². The number of likely N-dealkylation sites (tertiary alicyclic amines) is 1. The molecule has 0 saturated carbocycles. The predicted molar refractivity (Wildman–Crippen MR) is 96.5 cm³/mol. The largest absolute Gasteiger partial charge is 0.337 e. The summed E-state index contributed by atoms with van der Waals surface area (Å²) < 4.78 is 1.84. The third-order valence-electron chi connectivity index (χ3n) is 4.97. The number of piperidine rings is 1. The van der Waals surface area contributed by atoms with Gasteiger partial charge in [-0.3, -0.25) is 4.79 Å². The average molecular weight is 334 g/mol. The summed E-state index contributed by atoms with van der Waals surface area (Å²) in [5, 5.41) is 0. The molecule has 1 aliphatic rings. The zero-order chi connectivity index (χ0) is 17.2. The summed E-state index contributed by atoms with van der Waals surface area (Å²) in [6.45, 7) is 3.69. The number of aryl methyl sites for hydroxylation is 1. The number of fused-ring (bicyclic) bond motifs is 1. The summed E-state index contributed by atoms with van der Waals surface area (Å²) in [6, 6.07) is 8.71. The van der Waals surface area contributed by atoms with Gasteiger partial charge in [-0.1, -0.05) is 29.8 Å². The van der Waals surface area contributed by atoms with Gasteiger partial charge in [-0.05, 0) is 37.7 Å². The minimum Gasteiger partial charge on any atom is -0.337 e. The summed E-state index contributed by atoms with van der Waals surface area (Å²) in [6.07, 6.45) is 10.2. The molecule has 1 aliphatic heterocycles. The van der Waals surface area contributed by atoms with Crippen LogP contribution in [0.2, 0.25) is 0 Å². The standard InChI is InChI=1S/C20H22N4O/c1-15-4-6-16(7-5-15)13-17-3-2-10-24(14-17)20(25)18-19-22-9-12-23(19)11-8-21-18/h4-9,11-12,17H,2-3,10,13-14H2,1H3. The van der Waals surface area contributed by atoms with Crippen molar-refractivity contribution in [1.29, 1.82) is 0 Å². The second-order valence-electron chi connectivity index (χ2n) is 6.88. The Labute approximate surface area is 147 Å². The van der Waals surface area contributed by atoms with Crippen LogP contribution in [0.25, 0.3) is 5.65 Å². The van der Waals surface area contributed by atoms with E-state index < -0.39 is 0 Å². The Morgan fingerprint density at radius 3 is 2.72 bits per heavy atom. The van der Waals surface area contributed by atoms with E-state index in [2.05, 4.69) is 41.2 Å². The van der Waals surface area contributed by atoms with Crippen LogP contribution in [-0.4, -0.2) is 38.3 Å². The molecule has 5 nitrogen and oxygen atoms in total. The van der Waals surface area contributed by atoms with Crippen molar-refractivity contribution >= 4 is 11.6 Å². The van der Waals surface area contributed by atoms with Crippen LogP contribution < -0.4 is 0 Å². The molecule has 4 rings (SSSR count). The highest BCUT2D eigenvalue weighted by molar-refractivity contribution is 5.97. The number of nitrogens with zero attached hydrogens (tertiary/aromatic N) is 4. The van der Waals surface area contributed by atoms with Crippen LogP contribution in [0.3, 0.4) is 0 Å². The van der Waals surface area contributed by atoms with Crippen molar-refractivity contribution in [2.45, 2.75) is 26.2 Å². The summed E-state index contributed by atoms with van der Waals surface area (Å²) >= 11 is 0. The molecular weight excluding hydrogens is 312 g/mol. The molecule has 0 spiro atoms. The molecule has 0 N–H and O–H groups in total. The molecule has 0 radical (unpaired) electrons. The van der Waals surface area contributed by atoms with Gasteiger partial charge in [0.25, 0.3) is 5.91 Å². The number of amides is 1. The van der Waals surface area contributed by atoms with Gasteiger partial charge in [0.15, 0.2) is 11.3 Å². The molecule has 1 fully saturated rings. The first-order valence-electron chi connectivity index (χ1n) is 8.83. The van der Waals surface area contributed by atoms with Crippen molar-refractivity contribution in [3.05, 3.63) is 65.9 Å². The van der Waals surface area contributed by atoms with E-state index in [4.69, 9.17) is 0 Å². The van der Waals surface area contributed by atoms with Crippen LogP contribution in [0.1, 0.15) is 34.5 Å². The lowest BCUT2D eigenvalue weighted by atomic mass is 9.91. The van der Waals surface area contributed by atoms with Crippen molar-refractivity contribution in [3.63, 3.8) is 0 Å². The Hall–Kier alpha value is -2.69. The lowest BCUT2D eigenvalue weighted by Crippen LogP contribution is -2.41. The maximum absolute atomic E-state index is 13.0. The van der Waals surface area contributed by atoms with Crippen LogP contribution >= 0.6 is 0 Å². The Bertz CT molecular complexity index is 884. The Morgan fingerprint density at radius 2 is 1.92 bits per heavy atom. The molecule has 3 aromatic rings.